The fraction of sp³-hybridized carbons (Fsp3) is 0.417. The number of carbonyl (C=O) groups is 1. The van der Waals surface area contributed by atoms with E-state index in [0.29, 0.717) is 0 Å². The number of fused-ring (bicyclic) bond motifs is 1. The lowest BCUT2D eigenvalue weighted by atomic mass is 9.80. The number of amides is 1. The topological polar surface area (TPSA) is 46.3 Å². The van der Waals surface area contributed by atoms with Crippen LogP contribution in [0.4, 0.5) is 11.4 Å². The first kappa shape index (κ1) is 10.0. The van der Waals surface area contributed by atoms with Crippen LogP contribution in [0.25, 0.3) is 0 Å². The van der Waals surface area contributed by atoms with Gasteiger partial charge in [0.05, 0.1) is 0 Å². The molecule has 0 saturated heterocycles. The van der Waals surface area contributed by atoms with Gasteiger partial charge in [0.1, 0.15) is 0 Å². The quantitative estimate of drug-likeness (QED) is 0.655. The highest BCUT2D eigenvalue weighted by Crippen LogP contribution is 2.37. The van der Waals surface area contributed by atoms with Gasteiger partial charge in [-0.25, -0.2) is 0 Å². The Kier molecular flexibility index (Phi) is 2.00. The molecule has 3 heteroatoms. The SMILES string of the molecule is CN1C(=O)C(C)(C)Cc2cc(N)ccc21. The zero-order chi connectivity index (χ0) is 11.2. The van der Waals surface area contributed by atoms with Crippen LogP contribution in [-0.2, 0) is 11.2 Å². The zero-order valence-corrected chi connectivity index (χ0v) is 9.37. The third kappa shape index (κ3) is 1.48. The Balaban J connectivity index is 2.55. The van der Waals surface area contributed by atoms with Gasteiger partial charge < -0.3 is 10.6 Å². The number of benzene rings is 1. The summed E-state index contributed by atoms with van der Waals surface area (Å²) in [5.41, 5.74) is 8.31. The van der Waals surface area contributed by atoms with E-state index in [4.69, 9.17) is 5.73 Å². The predicted molar refractivity (Wildman–Crippen MR) is 61.7 cm³/mol. The number of nitrogens with two attached hydrogens (primary N) is 1. The molecule has 0 bridgehead atoms. The minimum Gasteiger partial charge on any atom is -0.399 e. The van der Waals surface area contributed by atoms with Crippen molar-refractivity contribution in [1.29, 1.82) is 0 Å². The van der Waals surface area contributed by atoms with Crippen LogP contribution in [-0.4, -0.2) is 13.0 Å². The maximum atomic E-state index is 12.0. The molecule has 3 nitrogen and oxygen atoms in total. The Morgan fingerprint density at radius 1 is 1.40 bits per heavy atom. The number of carbonyl (C=O) groups excluding carboxylic acids is 1. The molecule has 1 aliphatic rings. The summed E-state index contributed by atoms with van der Waals surface area (Å²) in [7, 11) is 1.82. The number of hydrogen-bond acceptors (Lipinski definition) is 2. The number of hydrogen-bond donors (Lipinski definition) is 1. The van der Waals surface area contributed by atoms with E-state index in [-0.39, 0.29) is 11.3 Å². The fourth-order valence-electron chi connectivity index (χ4n) is 2.19. The lowest BCUT2D eigenvalue weighted by molar-refractivity contribution is -0.126. The first-order valence-electron chi connectivity index (χ1n) is 5.08. The minimum absolute atomic E-state index is 0.166. The molecule has 0 unspecified atom stereocenters. The molecule has 0 radical (unpaired) electrons. The van der Waals surface area contributed by atoms with Gasteiger partial charge in [-0.05, 0) is 30.2 Å². The Bertz CT molecular complexity index is 424. The standard InChI is InChI=1S/C12H16N2O/c1-12(2)7-8-6-9(13)4-5-10(8)14(3)11(12)15/h4-6H,7,13H2,1-3H3. The van der Waals surface area contributed by atoms with Crippen molar-refractivity contribution >= 4 is 17.3 Å². The number of anilines is 2. The van der Waals surface area contributed by atoms with Crippen molar-refractivity contribution in [2.24, 2.45) is 5.41 Å². The largest absolute Gasteiger partial charge is 0.399 e. The smallest absolute Gasteiger partial charge is 0.232 e. The van der Waals surface area contributed by atoms with Crippen molar-refractivity contribution in [3.05, 3.63) is 23.8 Å². The molecule has 15 heavy (non-hydrogen) atoms. The summed E-state index contributed by atoms with van der Waals surface area (Å²) in [5, 5.41) is 0. The van der Waals surface area contributed by atoms with E-state index in [1.807, 2.05) is 39.1 Å². The van der Waals surface area contributed by atoms with Gasteiger partial charge in [0, 0.05) is 23.8 Å². The lowest BCUT2D eigenvalue weighted by Crippen LogP contribution is -2.44. The molecule has 1 aromatic rings. The summed E-state index contributed by atoms with van der Waals surface area (Å²) in [6, 6.07) is 5.71. The Labute approximate surface area is 89.9 Å². The Morgan fingerprint density at radius 3 is 2.73 bits per heavy atom. The van der Waals surface area contributed by atoms with Crippen molar-refractivity contribution in [3.63, 3.8) is 0 Å². The summed E-state index contributed by atoms with van der Waals surface area (Å²) in [6.45, 7) is 3.94. The third-order valence-electron chi connectivity index (χ3n) is 2.98. The maximum Gasteiger partial charge on any atom is 0.232 e. The van der Waals surface area contributed by atoms with E-state index in [1.165, 1.54) is 0 Å². The van der Waals surface area contributed by atoms with Crippen LogP contribution < -0.4 is 10.6 Å². The lowest BCUT2D eigenvalue weighted by Gasteiger charge is -2.36. The molecule has 0 aromatic heterocycles. The molecule has 1 aliphatic heterocycles. The highest BCUT2D eigenvalue weighted by molar-refractivity contribution is 5.99. The predicted octanol–water partition coefficient (Wildman–Crippen LogP) is 1.81. The van der Waals surface area contributed by atoms with Gasteiger partial charge >= 0.3 is 0 Å². The maximum absolute atomic E-state index is 12.0. The Morgan fingerprint density at radius 2 is 2.07 bits per heavy atom. The number of rotatable bonds is 0. The van der Waals surface area contributed by atoms with Crippen LogP contribution in [0.15, 0.2) is 18.2 Å². The average molecular weight is 204 g/mol. The molecule has 1 aromatic carbocycles. The molecule has 0 saturated carbocycles. The van der Waals surface area contributed by atoms with Crippen molar-refractivity contribution in [3.8, 4) is 0 Å². The molecular formula is C12H16N2O. The summed E-state index contributed by atoms with van der Waals surface area (Å²) in [4.78, 5) is 13.7. The zero-order valence-electron chi connectivity index (χ0n) is 9.37. The molecule has 80 valence electrons. The van der Waals surface area contributed by atoms with E-state index in [2.05, 4.69) is 0 Å². The van der Waals surface area contributed by atoms with Crippen LogP contribution in [0.5, 0.6) is 0 Å². The summed E-state index contributed by atoms with van der Waals surface area (Å²) in [6.07, 6.45) is 0.760. The van der Waals surface area contributed by atoms with Gasteiger partial charge in [0.25, 0.3) is 0 Å². The molecule has 1 amide bonds. The highest BCUT2D eigenvalue weighted by Gasteiger charge is 2.36. The minimum atomic E-state index is -0.324. The fourth-order valence-corrected chi connectivity index (χ4v) is 2.19. The summed E-state index contributed by atoms with van der Waals surface area (Å²) < 4.78 is 0. The number of nitrogens with zero attached hydrogens (tertiary/aromatic N) is 1. The van der Waals surface area contributed by atoms with Gasteiger partial charge in [0.15, 0.2) is 0 Å². The molecule has 1 heterocycles. The second-order valence-electron chi connectivity index (χ2n) is 4.81. The Hall–Kier alpha value is -1.51. The van der Waals surface area contributed by atoms with Crippen LogP contribution >= 0.6 is 0 Å². The molecule has 0 atom stereocenters. The third-order valence-corrected chi connectivity index (χ3v) is 2.98. The van der Waals surface area contributed by atoms with E-state index >= 15 is 0 Å². The van der Waals surface area contributed by atoms with E-state index in [0.717, 1.165) is 23.4 Å². The summed E-state index contributed by atoms with van der Waals surface area (Å²) in [5.74, 6) is 0.166. The van der Waals surface area contributed by atoms with Gasteiger partial charge in [-0.1, -0.05) is 13.8 Å². The van der Waals surface area contributed by atoms with Crippen LogP contribution in [0.1, 0.15) is 19.4 Å². The van der Waals surface area contributed by atoms with Gasteiger partial charge in [-0.15, -0.1) is 0 Å². The second-order valence-corrected chi connectivity index (χ2v) is 4.81. The van der Waals surface area contributed by atoms with Gasteiger partial charge in [-0.2, -0.15) is 0 Å². The monoisotopic (exact) mass is 204 g/mol. The number of nitrogen functional groups attached to an aromatic ring is 1. The molecule has 2 N–H and O–H groups in total. The normalized spacial score (nSPS) is 18.9. The van der Waals surface area contributed by atoms with Crippen LogP contribution in [0, 0.1) is 5.41 Å². The van der Waals surface area contributed by atoms with Crippen LogP contribution in [0.3, 0.4) is 0 Å². The summed E-state index contributed by atoms with van der Waals surface area (Å²) >= 11 is 0. The second kappa shape index (κ2) is 2.99. The molecule has 0 fully saturated rings. The first-order valence-corrected chi connectivity index (χ1v) is 5.08. The molecule has 0 aliphatic carbocycles. The van der Waals surface area contributed by atoms with Crippen molar-refractivity contribution in [2.75, 3.05) is 17.7 Å². The highest BCUT2D eigenvalue weighted by atomic mass is 16.2. The van der Waals surface area contributed by atoms with E-state index in [9.17, 15) is 4.79 Å². The molecular weight excluding hydrogens is 188 g/mol. The van der Waals surface area contributed by atoms with Crippen molar-refractivity contribution in [1.82, 2.24) is 0 Å². The van der Waals surface area contributed by atoms with Gasteiger partial charge in [0.2, 0.25) is 5.91 Å². The van der Waals surface area contributed by atoms with E-state index < -0.39 is 0 Å². The van der Waals surface area contributed by atoms with Gasteiger partial charge in [-0.3, -0.25) is 4.79 Å². The molecule has 2 rings (SSSR count). The van der Waals surface area contributed by atoms with Crippen molar-refractivity contribution in [2.45, 2.75) is 20.3 Å². The first-order chi connectivity index (χ1) is 6.92. The van der Waals surface area contributed by atoms with E-state index in [1.54, 1.807) is 4.90 Å². The van der Waals surface area contributed by atoms with Crippen LogP contribution in [0.2, 0.25) is 0 Å². The van der Waals surface area contributed by atoms with Crippen molar-refractivity contribution < 1.29 is 4.79 Å². The molecule has 0 spiro atoms. The average Bonchev–Trinajstić information content (AvgIpc) is 2.13.